The van der Waals surface area contributed by atoms with Gasteiger partial charge in [0.05, 0.1) is 21.2 Å². The zero-order valence-corrected chi connectivity index (χ0v) is 32.8. The van der Waals surface area contributed by atoms with Crippen molar-refractivity contribution in [3.8, 4) is 11.1 Å². The van der Waals surface area contributed by atoms with Crippen molar-refractivity contribution in [1.82, 2.24) is 0 Å². The molecular weight excluding hydrogens is 703 g/mol. The Morgan fingerprint density at radius 1 is 0.540 bits per heavy atom. The van der Waals surface area contributed by atoms with E-state index in [-0.39, 0.29) is 93.0 Å². The van der Waals surface area contributed by atoms with Crippen LogP contribution in [0.2, 0.25) is 0 Å². The van der Waals surface area contributed by atoms with Gasteiger partial charge >= 0.3 is 59.1 Å². The number of rotatable bonds is 7. The van der Waals surface area contributed by atoms with Crippen LogP contribution in [-0.4, -0.2) is 48.9 Å². The molecule has 0 radical (unpaired) electrons. The minimum atomic E-state index is -5.26. The smallest absolute Gasteiger partial charge is 0.744 e. The van der Waals surface area contributed by atoms with Crippen LogP contribution in [0.4, 0.5) is 11.4 Å². The number of benzene rings is 4. The first kappa shape index (κ1) is 39.2. The molecule has 242 valence electrons. The molecule has 0 saturated heterocycles. The van der Waals surface area contributed by atoms with Crippen LogP contribution < -0.4 is 70.0 Å². The molecule has 0 atom stereocenters. The molecule has 0 aliphatic heterocycles. The van der Waals surface area contributed by atoms with Gasteiger partial charge in [-0.25, -0.2) is 16.8 Å². The Hall–Kier alpha value is -3.54. The van der Waals surface area contributed by atoms with Crippen LogP contribution >= 0.6 is 0 Å². The third-order valence-corrected chi connectivity index (χ3v) is 9.54. The monoisotopic (exact) mass is 726 g/mol. The van der Waals surface area contributed by atoms with E-state index in [1.54, 1.807) is 74.5 Å². The number of fused-ring (bicyclic) bond motifs is 2. The SMILES string of the molecule is Cc1cc(-c2cc(C)c(NN=C3C(=O)C=Cc4ccccc43)cc2S(=O)(=O)[O-])c(S(=O)(=O)[O-])cc1NN=C1C(=O)C=Cc2ccccc21.[Na+].[Na+]. The summed E-state index contributed by atoms with van der Waals surface area (Å²) in [4.78, 5) is 23.6. The molecule has 2 aliphatic carbocycles. The summed E-state index contributed by atoms with van der Waals surface area (Å²) < 4.78 is 75.3. The fourth-order valence-corrected chi connectivity index (χ4v) is 6.79. The fourth-order valence-electron chi connectivity index (χ4n) is 5.38. The molecule has 0 amide bonds. The largest absolute Gasteiger partial charge is 1.00 e. The Bertz CT molecular complexity index is 2250. The normalized spacial score (nSPS) is 15.2. The molecule has 2 aliphatic rings. The topological polar surface area (TPSA) is 197 Å². The van der Waals surface area contributed by atoms with E-state index in [2.05, 4.69) is 21.1 Å². The summed E-state index contributed by atoms with van der Waals surface area (Å²) in [5.74, 6) is -0.805. The fraction of sp³-hybridized carbons (Fsp3) is 0.0588. The minimum absolute atomic E-state index is 0. The summed E-state index contributed by atoms with van der Waals surface area (Å²) in [6, 6.07) is 18.4. The number of hydrazone groups is 2. The standard InChI is InChI=1S/C34H26N4O8S2.2Na/c1-19-15-25(31(47(41,42)43)17-27(19)35-37-33-23-9-5-3-7-21(23)11-13-29(33)39)26-16-20(2)28(18-32(26)48(44,45)46)36-38-34-24-10-6-4-8-22(24)12-14-30(34)40;;/h3-18,35-36H,1-2H3,(H,41,42,43)(H,44,45,46);;/q;2*+1/p-2. The Kier molecular flexibility index (Phi) is 12.1. The van der Waals surface area contributed by atoms with Crippen molar-refractivity contribution < 1.29 is 94.6 Å². The van der Waals surface area contributed by atoms with E-state index in [1.165, 1.54) is 24.3 Å². The predicted octanol–water partition coefficient (Wildman–Crippen LogP) is -1.39. The second-order valence-corrected chi connectivity index (χ2v) is 13.6. The number of carbonyl (C=O) groups excluding carboxylic acids is 2. The molecular formula is C34H24N4Na2O8S2. The van der Waals surface area contributed by atoms with Crippen molar-refractivity contribution in [3.63, 3.8) is 0 Å². The Balaban J connectivity index is 0.00000281. The van der Waals surface area contributed by atoms with Crippen LogP contribution in [0.5, 0.6) is 0 Å². The molecule has 4 aromatic carbocycles. The first-order valence-corrected chi connectivity index (χ1v) is 17.1. The van der Waals surface area contributed by atoms with Gasteiger partial charge in [-0.3, -0.25) is 20.4 Å². The summed E-state index contributed by atoms with van der Waals surface area (Å²) in [6.07, 6.45) is 5.96. The number of aryl methyl sites for hydroxylation is 2. The number of nitrogens with zero attached hydrogens (tertiary/aromatic N) is 2. The molecule has 16 heteroatoms. The van der Waals surface area contributed by atoms with E-state index < -0.39 is 41.6 Å². The van der Waals surface area contributed by atoms with E-state index in [4.69, 9.17) is 0 Å². The molecule has 0 aromatic heterocycles. The summed E-state index contributed by atoms with van der Waals surface area (Å²) >= 11 is 0. The second kappa shape index (κ2) is 15.4. The third-order valence-electron chi connectivity index (χ3n) is 7.79. The van der Waals surface area contributed by atoms with Gasteiger partial charge in [0.15, 0.2) is 0 Å². The maximum Gasteiger partial charge on any atom is 1.00 e. The molecule has 0 heterocycles. The number of nitrogens with one attached hydrogen (secondary N) is 2. The van der Waals surface area contributed by atoms with E-state index in [0.717, 1.165) is 23.3 Å². The molecule has 0 spiro atoms. The van der Waals surface area contributed by atoms with Gasteiger partial charge in [-0.1, -0.05) is 60.7 Å². The van der Waals surface area contributed by atoms with Gasteiger partial charge in [0, 0.05) is 22.3 Å². The summed E-state index contributed by atoms with van der Waals surface area (Å²) in [6.45, 7) is 3.09. The molecule has 0 bridgehead atoms. The van der Waals surface area contributed by atoms with Crippen LogP contribution in [0.1, 0.15) is 33.4 Å². The minimum Gasteiger partial charge on any atom is -0.744 e. The van der Waals surface area contributed by atoms with Crippen molar-refractivity contribution in [1.29, 1.82) is 0 Å². The Morgan fingerprint density at radius 3 is 1.26 bits per heavy atom. The maximum absolute atomic E-state index is 12.6. The van der Waals surface area contributed by atoms with Gasteiger partial charge in [0.1, 0.15) is 31.7 Å². The predicted molar refractivity (Wildman–Crippen MR) is 179 cm³/mol. The first-order valence-electron chi connectivity index (χ1n) is 14.2. The van der Waals surface area contributed by atoms with E-state index in [9.17, 15) is 35.5 Å². The van der Waals surface area contributed by atoms with Gasteiger partial charge in [0.25, 0.3) is 0 Å². The van der Waals surface area contributed by atoms with Crippen LogP contribution in [-0.2, 0) is 29.8 Å². The number of hydrogen-bond donors (Lipinski definition) is 2. The summed E-state index contributed by atoms with van der Waals surface area (Å²) in [7, 11) is -10.5. The Morgan fingerprint density at radius 2 is 0.900 bits per heavy atom. The van der Waals surface area contributed by atoms with Crippen molar-refractivity contribution in [2.24, 2.45) is 10.2 Å². The van der Waals surface area contributed by atoms with Crippen molar-refractivity contribution in [2.45, 2.75) is 23.6 Å². The molecule has 50 heavy (non-hydrogen) atoms. The molecule has 0 fully saturated rings. The molecule has 6 rings (SSSR count). The van der Waals surface area contributed by atoms with Crippen LogP contribution in [0.25, 0.3) is 23.3 Å². The summed E-state index contributed by atoms with van der Waals surface area (Å²) in [5, 5.41) is 8.39. The van der Waals surface area contributed by atoms with Gasteiger partial charge in [-0.15, -0.1) is 0 Å². The average molecular weight is 727 g/mol. The molecule has 0 unspecified atom stereocenters. The molecule has 0 saturated carbocycles. The first-order chi connectivity index (χ1) is 22.7. The summed E-state index contributed by atoms with van der Waals surface area (Å²) in [5.41, 5.74) is 8.05. The Labute approximate surface area is 332 Å². The van der Waals surface area contributed by atoms with Crippen LogP contribution in [0.15, 0.2) is 105 Å². The number of allylic oxidation sites excluding steroid dienone is 2. The van der Waals surface area contributed by atoms with Crippen molar-refractivity contribution in [3.05, 3.63) is 118 Å². The second-order valence-electron chi connectivity index (χ2n) is 10.9. The molecule has 12 nitrogen and oxygen atoms in total. The van der Waals surface area contributed by atoms with Crippen LogP contribution in [0, 0.1) is 13.8 Å². The van der Waals surface area contributed by atoms with Crippen molar-refractivity contribution >= 4 is 66.8 Å². The third kappa shape index (κ3) is 8.00. The van der Waals surface area contributed by atoms with Gasteiger partial charge in [-0.05, 0) is 72.5 Å². The van der Waals surface area contributed by atoms with Crippen molar-refractivity contribution in [2.75, 3.05) is 10.9 Å². The molecule has 2 N–H and O–H groups in total. The average Bonchev–Trinajstić information content (AvgIpc) is 3.03. The maximum atomic E-state index is 12.6. The number of anilines is 2. The van der Waals surface area contributed by atoms with E-state index >= 15 is 0 Å². The zero-order chi connectivity index (χ0) is 34.4. The molecule has 4 aromatic rings. The number of ketones is 2. The van der Waals surface area contributed by atoms with Crippen LogP contribution in [0.3, 0.4) is 0 Å². The number of hydrogen-bond acceptors (Lipinski definition) is 12. The van der Waals surface area contributed by atoms with Gasteiger partial charge in [-0.2, -0.15) is 10.2 Å². The van der Waals surface area contributed by atoms with Gasteiger partial charge in [0.2, 0.25) is 11.6 Å². The quantitative estimate of drug-likeness (QED) is 0.130. The number of carbonyl (C=O) groups is 2. The van der Waals surface area contributed by atoms with E-state index in [1.807, 2.05) is 0 Å². The zero-order valence-electron chi connectivity index (χ0n) is 27.2. The van der Waals surface area contributed by atoms with Gasteiger partial charge < -0.3 is 9.11 Å². The van der Waals surface area contributed by atoms with E-state index in [0.29, 0.717) is 22.3 Å².